The molecule has 0 aliphatic heterocycles. The summed E-state index contributed by atoms with van der Waals surface area (Å²) in [6, 6.07) is 9.18. The lowest BCUT2D eigenvalue weighted by atomic mass is 10.2. The first kappa shape index (κ1) is 15.7. The fraction of sp³-hybridized carbons (Fsp3) is 0. The van der Waals surface area contributed by atoms with E-state index in [4.69, 9.17) is 5.11 Å². The Balaban J connectivity index is 2.38. The van der Waals surface area contributed by atoms with Gasteiger partial charge in [0.15, 0.2) is 0 Å². The van der Waals surface area contributed by atoms with E-state index in [-0.39, 0.29) is 5.56 Å². The Kier molecular flexibility index (Phi) is 4.47. The van der Waals surface area contributed by atoms with E-state index < -0.39 is 26.7 Å². The first-order valence-electron chi connectivity index (χ1n) is 5.61. The van der Waals surface area contributed by atoms with Gasteiger partial charge < -0.3 is 5.11 Å². The van der Waals surface area contributed by atoms with Gasteiger partial charge in [-0.05, 0) is 59.0 Å². The molecular weight excluding hydrogens is 412 g/mol. The van der Waals surface area contributed by atoms with Crippen LogP contribution < -0.4 is 4.72 Å². The zero-order valence-corrected chi connectivity index (χ0v) is 13.4. The van der Waals surface area contributed by atoms with E-state index in [0.717, 1.165) is 15.7 Å². The van der Waals surface area contributed by atoms with Gasteiger partial charge in [-0.3, -0.25) is 4.72 Å². The molecule has 0 aliphatic carbocycles. The van der Waals surface area contributed by atoms with E-state index >= 15 is 0 Å². The topological polar surface area (TPSA) is 83.5 Å². The van der Waals surface area contributed by atoms with E-state index in [0.29, 0.717) is 11.8 Å². The van der Waals surface area contributed by atoms with E-state index in [1.807, 2.05) is 22.6 Å². The number of sulfonamides is 1. The third-order valence-corrected chi connectivity index (χ3v) is 4.63. The summed E-state index contributed by atoms with van der Waals surface area (Å²) < 4.78 is 41.1. The molecular formula is C13H9FINO4S. The van der Waals surface area contributed by atoms with Gasteiger partial charge in [0.1, 0.15) is 10.7 Å². The molecule has 2 rings (SSSR count). The number of carboxylic acid groups (broad SMARTS) is 1. The summed E-state index contributed by atoms with van der Waals surface area (Å²) >= 11 is 2.02. The maximum Gasteiger partial charge on any atom is 0.335 e. The minimum Gasteiger partial charge on any atom is -0.478 e. The van der Waals surface area contributed by atoms with Crippen molar-refractivity contribution < 1.29 is 22.7 Å². The highest BCUT2D eigenvalue weighted by Crippen LogP contribution is 2.21. The lowest BCUT2D eigenvalue weighted by Gasteiger charge is -2.09. The van der Waals surface area contributed by atoms with Crippen molar-refractivity contribution in [3.8, 4) is 0 Å². The van der Waals surface area contributed by atoms with Gasteiger partial charge in [0, 0.05) is 9.26 Å². The molecule has 21 heavy (non-hydrogen) atoms. The number of halogens is 2. The molecule has 0 aromatic heterocycles. The van der Waals surface area contributed by atoms with Crippen LogP contribution in [-0.2, 0) is 10.0 Å². The zero-order valence-electron chi connectivity index (χ0n) is 10.4. The van der Waals surface area contributed by atoms with Crippen molar-refractivity contribution >= 4 is 44.3 Å². The van der Waals surface area contributed by atoms with Crippen molar-refractivity contribution in [1.29, 1.82) is 0 Å². The van der Waals surface area contributed by atoms with Gasteiger partial charge in [-0.1, -0.05) is 6.07 Å². The average molecular weight is 421 g/mol. The molecule has 110 valence electrons. The van der Waals surface area contributed by atoms with Crippen LogP contribution in [0.5, 0.6) is 0 Å². The van der Waals surface area contributed by atoms with Gasteiger partial charge in [-0.25, -0.2) is 17.6 Å². The minimum atomic E-state index is -4.12. The fourth-order valence-corrected chi connectivity index (χ4v) is 3.27. The predicted molar refractivity (Wildman–Crippen MR) is 83.3 cm³/mol. The number of carboxylic acids is 1. The highest BCUT2D eigenvalue weighted by Gasteiger charge is 2.20. The van der Waals surface area contributed by atoms with Crippen LogP contribution in [0.4, 0.5) is 10.1 Å². The van der Waals surface area contributed by atoms with Crippen molar-refractivity contribution in [2.45, 2.75) is 4.90 Å². The highest BCUT2D eigenvalue weighted by atomic mass is 127. The Labute approximate surface area is 134 Å². The molecule has 0 saturated heterocycles. The van der Waals surface area contributed by atoms with Gasteiger partial charge in [0.2, 0.25) is 0 Å². The molecule has 0 unspecified atom stereocenters. The van der Waals surface area contributed by atoms with E-state index in [2.05, 4.69) is 4.72 Å². The summed E-state index contributed by atoms with van der Waals surface area (Å²) in [5.74, 6) is -2.45. The van der Waals surface area contributed by atoms with Crippen molar-refractivity contribution in [3.63, 3.8) is 0 Å². The predicted octanol–water partition coefficient (Wildman–Crippen LogP) is 2.93. The normalized spacial score (nSPS) is 11.1. The number of hydrogen-bond acceptors (Lipinski definition) is 3. The van der Waals surface area contributed by atoms with Gasteiger partial charge in [-0.15, -0.1) is 0 Å². The quantitative estimate of drug-likeness (QED) is 0.744. The highest BCUT2D eigenvalue weighted by molar-refractivity contribution is 14.1. The molecule has 2 aromatic carbocycles. The van der Waals surface area contributed by atoms with Gasteiger partial charge in [0.05, 0.1) is 5.56 Å². The summed E-state index contributed by atoms with van der Waals surface area (Å²) in [5.41, 5.74) is -0.0238. The van der Waals surface area contributed by atoms with Crippen molar-refractivity contribution in [3.05, 3.63) is 57.4 Å². The lowest BCUT2D eigenvalue weighted by Crippen LogP contribution is -2.15. The Morgan fingerprint density at radius 3 is 2.48 bits per heavy atom. The van der Waals surface area contributed by atoms with Gasteiger partial charge in [0.25, 0.3) is 10.0 Å². The van der Waals surface area contributed by atoms with Crippen LogP contribution in [0.3, 0.4) is 0 Å². The standard InChI is InChI=1S/C13H9FINO4S/c14-11-6-8(13(17)18)4-5-12(11)21(19,20)16-10-3-1-2-9(15)7-10/h1-7,16H,(H,17,18). The molecule has 5 nitrogen and oxygen atoms in total. The molecule has 0 fully saturated rings. The summed E-state index contributed by atoms with van der Waals surface area (Å²) in [6.07, 6.45) is 0. The maximum absolute atomic E-state index is 13.8. The first-order valence-corrected chi connectivity index (χ1v) is 8.17. The summed E-state index contributed by atoms with van der Waals surface area (Å²) in [5, 5.41) is 8.74. The van der Waals surface area contributed by atoms with Gasteiger partial charge >= 0.3 is 5.97 Å². The largest absolute Gasteiger partial charge is 0.478 e. The van der Waals surface area contributed by atoms with Crippen LogP contribution in [0.1, 0.15) is 10.4 Å². The van der Waals surface area contributed by atoms with Crippen molar-refractivity contribution in [1.82, 2.24) is 0 Å². The van der Waals surface area contributed by atoms with Crippen molar-refractivity contribution in [2.75, 3.05) is 4.72 Å². The Morgan fingerprint density at radius 1 is 1.19 bits per heavy atom. The van der Waals surface area contributed by atoms with Crippen LogP contribution in [-0.4, -0.2) is 19.5 Å². The summed E-state index contributed by atoms with van der Waals surface area (Å²) in [4.78, 5) is 10.1. The molecule has 0 amide bonds. The Bertz CT molecular complexity index is 808. The number of nitrogens with one attached hydrogen (secondary N) is 1. The number of benzene rings is 2. The molecule has 0 spiro atoms. The third kappa shape index (κ3) is 3.70. The molecule has 0 heterocycles. The molecule has 8 heteroatoms. The monoisotopic (exact) mass is 421 g/mol. The number of anilines is 1. The summed E-state index contributed by atoms with van der Waals surface area (Å²) in [7, 11) is -4.12. The zero-order chi connectivity index (χ0) is 15.6. The smallest absolute Gasteiger partial charge is 0.335 e. The lowest BCUT2D eigenvalue weighted by molar-refractivity contribution is 0.0696. The molecule has 0 bridgehead atoms. The number of hydrogen-bond donors (Lipinski definition) is 2. The van der Waals surface area contributed by atoms with Crippen LogP contribution in [0.25, 0.3) is 0 Å². The minimum absolute atomic E-state index is 0.295. The summed E-state index contributed by atoms with van der Waals surface area (Å²) in [6.45, 7) is 0. The van der Waals surface area contributed by atoms with Crippen LogP contribution in [0.2, 0.25) is 0 Å². The second-order valence-electron chi connectivity index (χ2n) is 4.07. The molecule has 0 saturated carbocycles. The molecule has 2 N–H and O–H groups in total. The molecule has 0 radical (unpaired) electrons. The van der Waals surface area contributed by atoms with Crippen LogP contribution >= 0.6 is 22.6 Å². The van der Waals surface area contributed by atoms with E-state index in [1.165, 1.54) is 6.07 Å². The number of rotatable bonds is 4. The second kappa shape index (κ2) is 5.98. The maximum atomic E-state index is 13.8. The van der Waals surface area contributed by atoms with E-state index in [1.54, 1.807) is 18.2 Å². The molecule has 0 atom stereocenters. The van der Waals surface area contributed by atoms with Gasteiger partial charge in [-0.2, -0.15) is 0 Å². The fourth-order valence-electron chi connectivity index (χ4n) is 1.61. The van der Waals surface area contributed by atoms with Crippen molar-refractivity contribution in [2.24, 2.45) is 0 Å². The Morgan fingerprint density at radius 2 is 1.90 bits per heavy atom. The third-order valence-electron chi connectivity index (χ3n) is 2.55. The Hall–Kier alpha value is -1.68. The number of aromatic carboxylic acids is 1. The SMILES string of the molecule is O=C(O)c1ccc(S(=O)(=O)Nc2cccc(I)c2)c(F)c1. The molecule has 0 aliphatic rings. The first-order chi connectivity index (χ1) is 9.79. The van der Waals surface area contributed by atoms with Crippen LogP contribution in [0.15, 0.2) is 47.4 Å². The van der Waals surface area contributed by atoms with E-state index in [9.17, 15) is 17.6 Å². The molecule has 2 aromatic rings. The second-order valence-corrected chi connectivity index (χ2v) is 6.96. The number of carbonyl (C=O) groups is 1. The van der Waals surface area contributed by atoms with Crippen LogP contribution in [0, 0.1) is 9.39 Å². The average Bonchev–Trinajstić information content (AvgIpc) is 2.37.